The molecule has 0 radical (unpaired) electrons. The van der Waals surface area contributed by atoms with Gasteiger partial charge in [0.25, 0.3) is 0 Å². The molecule has 0 aliphatic heterocycles. The number of rotatable bonds is 6. The van der Waals surface area contributed by atoms with Gasteiger partial charge in [-0.05, 0) is 49.7 Å². The average Bonchev–Trinajstić information content (AvgIpc) is 2.51. The zero-order valence-electron chi connectivity index (χ0n) is 12.4. The van der Waals surface area contributed by atoms with Gasteiger partial charge in [-0.1, -0.05) is 28.1 Å². The van der Waals surface area contributed by atoms with Crippen LogP contribution in [0.2, 0.25) is 0 Å². The quantitative estimate of drug-likeness (QED) is 0.784. The van der Waals surface area contributed by atoms with Crippen molar-refractivity contribution >= 4 is 27.3 Å². The molecule has 0 aromatic heterocycles. The van der Waals surface area contributed by atoms with Gasteiger partial charge in [-0.2, -0.15) is 0 Å². The summed E-state index contributed by atoms with van der Waals surface area (Å²) in [6.45, 7) is 6.89. The van der Waals surface area contributed by atoms with Gasteiger partial charge in [-0.25, -0.2) is 4.39 Å². The fraction of sp³-hybridized carbons (Fsp3) is 0.294. The fourth-order valence-corrected chi connectivity index (χ4v) is 2.60. The summed E-state index contributed by atoms with van der Waals surface area (Å²) in [5, 5.41) is 3.13. The molecule has 0 amide bonds. The monoisotopic (exact) mass is 350 g/mol. The minimum absolute atomic E-state index is 0.238. The molecule has 2 nitrogen and oxygen atoms in total. The zero-order chi connectivity index (χ0) is 15.2. The van der Waals surface area contributed by atoms with Crippen LogP contribution >= 0.6 is 15.9 Å². The lowest BCUT2D eigenvalue weighted by molar-refractivity contribution is 0.630. The van der Waals surface area contributed by atoms with Crippen LogP contribution in [0.5, 0.6) is 0 Å². The van der Waals surface area contributed by atoms with Crippen LogP contribution in [0.1, 0.15) is 19.4 Å². The maximum atomic E-state index is 13.6. The van der Waals surface area contributed by atoms with Gasteiger partial charge < -0.3 is 10.2 Å². The Hall–Kier alpha value is -1.55. The number of benzene rings is 2. The van der Waals surface area contributed by atoms with Crippen molar-refractivity contribution in [3.63, 3.8) is 0 Å². The Labute approximate surface area is 134 Å². The SMILES string of the molecule is CCN(CC)c1ccc(CNc2cc(Br)ccc2F)cc1. The van der Waals surface area contributed by atoms with E-state index < -0.39 is 0 Å². The number of nitrogens with one attached hydrogen (secondary N) is 1. The fourth-order valence-electron chi connectivity index (χ4n) is 2.24. The molecule has 0 unspecified atom stereocenters. The molecule has 0 aliphatic rings. The molecule has 112 valence electrons. The summed E-state index contributed by atoms with van der Waals surface area (Å²) in [7, 11) is 0. The van der Waals surface area contributed by atoms with Crippen LogP contribution in [0.25, 0.3) is 0 Å². The first-order valence-corrected chi connectivity index (χ1v) is 7.96. The maximum Gasteiger partial charge on any atom is 0.146 e. The van der Waals surface area contributed by atoms with Crippen molar-refractivity contribution in [1.29, 1.82) is 0 Å². The highest BCUT2D eigenvalue weighted by atomic mass is 79.9. The van der Waals surface area contributed by atoms with Crippen LogP contribution in [0, 0.1) is 5.82 Å². The zero-order valence-corrected chi connectivity index (χ0v) is 14.0. The number of anilines is 2. The first-order valence-electron chi connectivity index (χ1n) is 7.16. The Balaban J connectivity index is 2.02. The molecule has 2 aromatic rings. The van der Waals surface area contributed by atoms with Crippen LogP contribution in [-0.4, -0.2) is 13.1 Å². The van der Waals surface area contributed by atoms with Gasteiger partial charge in [0.1, 0.15) is 5.82 Å². The number of nitrogens with zero attached hydrogens (tertiary/aromatic N) is 1. The van der Waals surface area contributed by atoms with Crippen molar-refractivity contribution in [3.8, 4) is 0 Å². The van der Waals surface area contributed by atoms with Gasteiger partial charge >= 0.3 is 0 Å². The standard InChI is InChI=1S/C17H20BrFN2/c1-3-21(4-2)15-8-5-13(6-9-15)12-20-17-11-14(18)7-10-16(17)19/h5-11,20H,3-4,12H2,1-2H3. The van der Waals surface area contributed by atoms with E-state index in [1.807, 2.05) is 0 Å². The summed E-state index contributed by atoms with van der Waals surface area (Å²) in [5.41, 5.74) is 2.86. The second kappa shape index (κ2) is 7.46. The Bertz CT molecular complexity index is 580. The van der Waals surface area contributed by atoms with E-state index in [9.17, 15) is 4.39 Å². The predicted octanol–water partition coefficient (Wildman–Crippen LogP) is 5.05. The molecule has 0 spiro atoms. The summed E-state index contributed by atoms with van der Waals surface area (Å²) >= 11 is 3.35. The van der Waals surface area contributed by atoms with Gasteiger partial charge in [0.2, 0.25) is 0 Å². The molecule has 0 fully saturated rings. The van der Waals surface area contributed by atoms with E-state index in [-0.39, 0.29) is 5.82 Å². The summed E-state index contributed by atoms with van der Waals surface area (Å²) in [5.74, 6) is -0.238. The van der Waals surface area contributed by atoms with Crippen molar-refractivity contribution in [2.75, 3.05) is 23.3 Å². The third kappa shape index (κ3) is 4.21. The molecule has 0 bridgehead atoms. The number of hydrogen-bond acceptors (Lipinski definition) is 2. The minimum Gasteiger partial charge on any atom is -0.379 e. The highest BCUT2D eigenvalue weighted by Crippen LogP contribution is 2.21. The average molecular weight is 351 g/mol. The molecule has 0 saturated heterocycles. The van der Waals surface area contributed by atoms with Crippen molar-refractivity contribution in [2.24, 2.45) is 0 Å². The van der Waals surface area contributed by atoms with E-state index in [0.29, 0.717) is 12.2 Å². The molecule has 0 saturated carbocycles. The van der Waals surface area contributed by atoms with E-state index >= 15 is 0 Å². The van der Waals surface area contributed by atoms with Crippen LogP contribution < -0.4 is 10.2 Å². The van der Waals surface area contributed by atoms with Gasteiger partial charge in [-0.3, -0.25) is 0 Å². The molecule has 2 aromatic carbocycles. The van der Waals surface area contributed by atoms with Gasteiger partial charge in [-0.15, -0.1) is 0 Å². The second-order valence-corrected chi connectivity index (χ2v) is 5.73. The molecular formula is C17H20BrFN2. The van der Waals surface area contributed by atoms with Crippen LogP contribution in [-0.2, 0) is 6.54 Å². The van der Waals surface area contributed by atoms with Crippen LogP contribution in [0.3, 0.4) is 0 Å². The van der Waals surface area contributed by atoms with E-state index in [2.05, 4.69) is 64.3 Å². The van der Waals surface area contributed by atoms with E-state index in [1.54, 1.807) is 12.1 Å². The topological polar surface area (TPSA) is 15.3 Å². The first-order chi connectivity index (χ1) is 10.1. The lowest BCUT2D eigenvalue weighted by Gasteiger charge is -2.21. The van der Waals surface area contributed by atoms with Crippen molar-refractivity contribution < 1.29 is 4.39 Å². The third-order valence-corrected chi connectivity index (χ3v) is 3.97. The number of halogens is 2. The molecule has 1 N–H and O–H groups in total. The third-order valence-electron chi connectivity index (χ3n) is 3.48. The Kier molecular flexibility index (Phi) is 5.62. The van der Waals surface area contributed by atoms with Crippen LogP contribution in [0.15, 0.2) is 46.9 Å². The lowest BCUT2D eigenvalue weighted by atomic mass is 10.2. The summed E-state index contributed by atoms with van der Waals surface area (Å²) < 4.78 is 14.5. The Morgan fingerprint density at radius 1 is 1.05 bits per heavy atom. The molecule has 21 heavy (non-hydrogen) atoms. The Morgan fingerprint density at radius 2 is 1.71 bits per heavy atom. The number of hydrogen-bond donors (Lipinski definition) is 1. The summed E-state index contributed by atoms with van der Waals surface area (Å²) in [4.78, 5) is 2.30. The molecule has 0 heterocycles. The molecule has 0 aliphatic carbocycles. The first kappa shape index (κ1) is 15.8. The van der Waals surface area contributed by atoms with Crippen molar-refractivity contribution in [3.05, 3.63) is 58.3 Å². The van der Waals surface area contributed by atoms with Gasteiger partial charge in [0.05, 0.1) is 5.69 Å². The highest BCUT2D eigenvalue weighted by molar-refractivity contribution is 9.10. The second-order valence-electron chi connectivity index (χ2n) is 4.82. The van der Waals surface area contributed by atoms with E-state index in [4.69, 9.17) is 0 Å². The lowest BCUT2D eigenvalue weighted by Crippen LogP contribution is -2.21. The van der Waals surface area contributed by atoms with Crippen LogP contribution in [0.4, 0.5) is 15.8 Å². The molecular weight excluding hydrogens is 331 g/mol. The van der Waals surface area contributed by atoms with Crippen molar-refractivity contribution in [1.82, 2.24) is 0 Å². The normalized spacial score (nSPS) is 10.5. The molecule has 4 heteroatoms. The smallest absolute Gasteiger partial charge is 0.146 e. The van der Waals surface area contributed by atoms with Gasteiger partial charge in [0.15, 0.2) is 0 Å². The maximum absolute atomic E-state index is 13.6. The molecule has 0 atom stereocenters. The summed E-state index contributed by atoms with van der Waals surface area (Å²) in [6.07, 6.45) is 0. The van der Waals surface area contributed by atoms with E-state index in [0.717, 1.165) is 23.1 Å². The van der Waals surface area contributed by atoms with E-state index in [1.165, 1.54) is 11.8 Å². The largest absolute Gasteiger partial charge is 0.379 e. The minimum atomic E-state index is -0.238. The van der Waals surface area contributed by atoms with Crippen molar-refractivity contribution in [2.45, 2.75) is 20.4 Å². The highest BCUT2D eigenvalue weighted by Gasteiger charge is 2.04. The van der Waals surface area contributed by atoms with Gasteiger partial charge in [0, 0.05) is 29.8 Å². The summed E-state index contributed by atoms with van der Waals surface area (Å²) in [6, 6.07) is 13.3. The molecule has 2 rings (SSSR count). The predicted molar refractivity (Wildman–Crippen MR) is 91.4 cm³/mol. The Morgan fingerprint density at radius 3 is 2.33 bits per heavy atom.